The van der Waals surface area contributed by atoms with E-state index in [4.69, 9.17) is 0 Å². The summed E-state index contributed by atoms with van der Waals surface area (Å²) >= 11 is 0. The van der Waals surface area contributed by atoms with E-state index in [-0.39, 0.29) is 5.41 Å². The summed E-state index contributed by atoms with van der Waals surface area (Å²) in [4.78, 5) is 8.03. The topological polar surface area (TPSA) is 71.4 Å². The number of aromatic nitrogens is 5. The molecule has 110 valence electrons. The summed E-state index contributed by atoms with van der Waals surface area (Å²) < 4.78 is 1.70. The van der Waals surface area contributed by atoms with Crippen LogP contribution >= 0.6 is 0 Å². The molecule has 0 atom stereocenters. The molecule has 0 saturated heterocycles. The lowest BCUT2D eigenvalue weighted by atomic mass is 9.96. The van der Waals surface area contributed by atoms with Gasteiger partial charge in [-0.3, -0.25) is 4.68 Å². The smallest absolute Gasteiger partial charge is 0.112 e. The molecule has 0 spiro atoms. The maximum Gasteiger partial charge on any atom is 0.112 e. The van der Waals surface area contributed by atoms with Crippen molar-refractivity contribution in [3.63, 3.8) is 0 Å². The second-order valence-corrected chi connectivity index (χ2v) is 6.30. The van der Waals surface area contributed by atoms with Gasteiger partial charge in [0, 0.05) is 24.3 Å². The van der Waals surface area contributed by atoms with Crippen molar-refractivity contribution in [2.75, 3.05) is 5.32 Å². The first-order valence-electron chi connectivity index (χ1n) is 7.01. The predicted molar refractivity (Wildman–Crippen MR) is 83.1 cm³/mol. The van der Waals surface area contributed by atoms with Gasteiger partial charge in [0.1, 0.15) is 11.5 Å². The van der Waals surface area contributed by atoms with E-state index in [1.165, 1.54) is 0 Å². The van der Waals surface area contributed by atoms with Gasteiger partial charge in [0.05, 0.1) is 17.6 Å². The Morgan fingerprint density at radius 2 is 2.10 bits per heavy atom. The summed E-state index contributed by atoms with van der Waals surface area (Å²) in [5, 5.41) is 11.3. The average molecular weight is 284 g/mol. The SMILES string of the molecule is Cn1cc(CNc2ccc3nc(C(C)(C)C)[nH]c3c2)nn1. The fraction of sp³-hybridized carbons (Fsp3) is 0.400. The van der Waals surface area contributed by atoms with E-state index in [9.17, 15) is 0 Å². The lowest BCUT2D eigenvalue weighted by molar-refractivity contribution is 0.554. The van der Waals surface area contributed by atoms with Crippen LogP contribution in [0.15, 0.2) is 24.4 Å². The molecule has 0 radical (unpaired) electrons. The minimum Gasteiger partial charge on any atom is -0.379 e. The van der Waals surface area contributed by atoms with Gasteiger partial charge in [-0.1, -0.05) is 26.0 Å². The first kappa shape index (κ1) is 13.6. The Balaban J connectivity index is 1.80. The summed E-state index contributed by atoms with van der Waals surface area (Å²) in [6, 6.07) is 6.14. The van der Waals surface area contributed by atoms with Crippen LogP contribution in [0, 0.1) is 0 Å². The molecule has 0 amide bonds. The van der Waals surface area contributed by atoms with Crippen LogP contribution in [-0.4, -0.2) is 25.0 Å². The Bertz CT molecular complexity index is 762. The standard InChI is InChI=1S/C15H20N6/c1-15(2,3)14-17-12-6-5-10(7-13(12)18-14)16-8-11-9-21(4)20-19-11/h5-7,9,16H,8H2,1-4H3,(H,17,18). The number of anilines is 1. The van der Waals surface area contributed by atoms with Crippen LogP contribution in [0.4, 0.5) is 5.69 Å². The minimum absolute atomic E-state index is 0.0201. The van der Waals surface area contributed by atoms with Crippen LogP contribution < -0.4 is 5.32 Å². The van der Waals surface area contributed by atoms with Gasteiger partial charge < -0.3 is 10.3 Å². The number of fused-ring (bicyclic) bond motifs is 1. The number of nitrogens with one attached hydrogen (secondary N) is 2. The van der Waals surface area contributed by atoms with Gasteiger partial charge in [0.25, 0.3) is 0 Å². The number of imidazole rings is 1. The lowest BCUT2D eigenvalue weighted by Gasteiger charge is -2.13. The molecule has 0 aliphatic rings. The van der Waals surface area contributed by atoms with Gasteiger partial charge in [-0.2, -0.15) is 0 Å². The highest BCUT2D eigenvalue weighted by Gasteiger charge is 2.18. The Morgan fingerprint density at radius 1 is 1.29 bits per heavy atom. The largest absolute Gasteiger partial charge is 0.379 e. The Morgan fingerprint density at radius 3 is 2.76 bits per heavy atom. The Hall–Kier alpha value is -2.37. The number of benzene rings is 1. The quantitative estimate of drug-likeness (QED) is 0.775. The third kappa shape index (κ3) is 2.89. The molecule has 0 bridgehead atoms. The van der Waals surface area contributed by atoms with Crippen LogP contribution in [0.2, 0.25) is 0 Å². The molecule has 0 saturated carbocycles. The van der Waals surface area contributed by atoms with Crippen molar-refractivity contribution in [1.82, 2.24) is 25.0 Å². The van der Waals surface area contributed by atoms with E-state index in [0.717, 1.165) is 28.2 Å². The molecule has 1 aromatic carbocycles. The van der Waals surface area contributed by atoms with E-state index >= 15 is 0 Å². The van der Waals surface area contributed by atoms with Crippen molar-refractivity contribution in [3.8, 4) is 0 Å². The van der Waals surface area contributed by atoms with Crippen molar-refractivity contribution in [2.24, 2.45) is 7.05 Å². The normalized spacial score (nSPS) is 12.0. The molecule has 2 heterocycles. The average Bonchev–Trinajstić information content (AvgIpc) is 3.01. The number of rotatable bonds is 3. The molecule has 2 N–H and O–H groups in total. The molecule has 3 rings (SSSR count). The number of hydrogen-bond donors (Lipinski definition) is 2. The summed E-state index contributed by atoms with van der Waals surface area (Å²) in [5.41, 5.74) is 4.01. The predicted octanol–water partition coefficient (Wildman–Crippen LogP) is 2.60. The van der Waals surface area contributed by atoms with E-state index < -0.39 is 0 Å². The zero-order chi connectivity index (χ0) is 15.0. The number of aryl methyl sites for hydroxylation is 1. The number of hydrogen-bond acceptors (Lipinski definition) is 4. The second-order valence-electron chi connectivity index (χ2n) is 6.30. The van der Waals surface area contributed by atoms with Crippen molar-refractivity contribution in [1.29, 1.82) is 0 Å². The Kier molecular flexibility index (Phi) is 3.16. The van der Waals surface area contributed by atoms with Crippen LogP contribution in [0.5, 0.6) is 0 Å². The molecule has 0 unspecified atom stereocenters. The molecule has 6 nitrogen and oxygen atoms in total. The van der Waals surface area contributed by atoms with E-state index in [2.05, 4.69) is 52.4 Å². The lowest BCUT2D eigenvalue weighted by Crippen LogP contribution is -2.12. The summed E-state index contributed by atoms with van der Waals surface area (Å²) in [6.45, 7) is 7.10. The molecule has 3 aromatic rings. The summed E-state index contributed by atoms with van der Waals surface area (Å²) in [7, 11) is 1.86. The van der Waals surface area contributed by atoms with Crippen LogP contribution in [0.1, 0.15) is 32.3 Å². The highest BCUT2D eigenvalue weighted by molar-refractivity contribution is 5.79. The zero-order valence-corrected chi connectivity index (χ0v) is 12.8. The molecule has 0 fully saturated rings. The third-order valence-corrected chi connectivity index (χ3v) is 3.32. The van der Waals surface area contributed by atoms with Crippen LogP contribution in [-0.2, 0) is 19.0 Å². The fourth-order valence-corrected chi connectivity index (χ4v) is 2.14. The van der Waals surface area contributed by atoms with Crippen molar-refractivity contribution in [2.45, 2.75) is 32.7 Å². The molecular formula is C15H20N6. The monoisotopic (exact) mass is 284 g/mol. The fourth-order valence-electron chi connectivity index (χ4n) is 2.14. The summed E-state index contributed by atoms with van der Waals surface area (Å²) in [6.07, 6.45) is 1.90. The minimum atomic E-state index is 0.0201. The number of aromatic amines is 1. The molecule has 0 aliphatic carbocycles. The van der Waals surface area contributed by atoms with Gasteiger partial charge in [-0.25, -0.2) is 4.98 Å². The first-order valence-corrected chi connectivity index (χ1v) is 7.01. The van der Waals surface area contributed by atoms with E-state index in [0.29, 0.717) is 6.54 Å². The Labute approximate surface area is 123 Å². The summed E-state index contributed by atoms with van der Waals surface area (Å²) in [5.74, 6) is 1.00. The van der Waals surface area contributed by atoms with Crippen LogP contribution in [0.3, 0.4) is 0 Å². The van der Waals surface area contributed by atoms with Crippen molar-refractivity contribution >= 4 is 16.7 Å². The van der Waals surface area contributed by atoms with E-state index in [1.807, 2.05) is 25.4 Å². The van der Waals surface area contributed by atoms with Crippen molar-refractivity contribution < 1.29 is 0 Å². The molecule has 21 heavy (non-hydrogen) atoms. The van der Waals surface area contributed by atoms with Gasteiger partial charge in [0.15, 0.2) is 0 Å². The van der Waals surface area contributed by atoms with Gasteiger partial charge in [-0.15, -0.1) is 5.10 Å². The van der Waals surface area contributed by atoms with Gasteiger partial charge >= 0.3 is 0 Å². The number of nitrogens with zero attached hydrogens (tertiary/aromatic N) is 4. The third-order valence-electron chi connectivity index (χ3n) is 3.32. The highest BCUT2D eigenvalue weighted by atomic mass is 15.4. The maximum atomic E-state index is 4.64. The molecular weight excluding hydrogens is 264 g/mol. The molecule has 2 aromatic heterocycles. The van der Waals surface area contributed by atoms with Crippen molar-refractivity contribution in [3.05, 3.63) is 35.9 Å². The molecule has 6 heteroatoms. The second kappa shape index (κ2) is 4.87. The highest BCUT2D eigenvalue weighted by Crippen LogP contribution is 2.24. The van der Waals surface area contributed by atoms with Gasteiger partial charge in [0.2, 0.25) is 0 Å². The van der Waals surface area contributed by atoms with Gasteiger partial charge in [-0.05, 0) is 18.2 Å². The van der Waals surface area contributed by atoms with Crippen LogP contribution in [0.25, 0.3) is 11.0 Å². The van der Waals surface area contributed by atoms with E-state index in [1.54, 1.807) is 4.68 Å². The zero-order valence-electron chi connectivity index (χ0n) is 12.8. The maximum absolute atomic E-state index is 4.64. The number of H-pyrrole nitrogens is 1. The first-order chi connectivity index (χ1) is 9.91. The molecule has 0 aliphatic heterocycles.